The molecule has 0 radical (unpaired) electrons. The van der Waals surface area contributed by atoms with Crippen LogP contribution in [0, 0.1) is 11.3 Å². The Balaban J connectivity index is 0.925. The number of anilines is 3. The highest BCUT2D eigenvalue weighted by molar-refractivity contribution is 6.13. The van der Waals surface area contributed by atoms with Crippen molar-refractivity contribution in [1.82, 2.24) is 14.9 Å². The molecule has 4 heterocycles. The summed E-state index contributed by atoms with van der Waals surface area (Å²) in [6.07, 6.45) is 11.7. The van der Waals surface area contributed by atoms with Gasteiger partial charge in [-0.1, -0.05) is 19.1 Å². The van der Waals surface area contributed by atoms with Crippen molar-refractivity contribution in [1.29, 1.82) is 0 Å². The normalized spacial score (nSPS) is 34.7. The molecule has 41 heavy (non-hydrogen) atoms. The Morgan fingerprint density at radius 2 is 2.02 bits per heavy atom. The SMILES string of the molecule is CC(C)N(C[C@H]1O[C@@H](N2CNc3c(N)ncnc32)[C@H](O)[C@@H]1O)C1CC(CCC2=NC3C=CC(C4(C)CC4)=CC3=N2)C1. The number of allylic oxidation sites excluding steroid dienone is 2. The van der Waals surface area contributed by atoms with E-state index in [2.05, 4.69) is 59.2 Å². The van der Waals surface area contributed by atoms with Crippen LogP contribution >= 0.6 is 0 Å². The number of hydrogen-bond donors (Lipinski definition) is 4. The van der Waals surface area contributed by atoms with Gasteiger partial charge in [0.15, 0.2) is 17.9 Å². The Bertz CT molecular complexity index is 1310. The number of rotatable bonds is 9. The molecule has 0 aromatic carbocycles. The molecule has 1 unspecified atom stereocenters. The first-order valence-corrected chi connectivity index (χ1v) is 15.1. The molecule has 11 nitrogen and oxygen atoms in total. The van der Waals surface area contributed by atoms with E-state index in [1.807, 2.05) is 4.90 Å². The molecule has 1 saturated heterocycles. The van der Waals surface area contributed by atoms with Crippen LogP contribution in [0.5, 0.6) is 0 Å². The minimum absolute atomic E-state index is 0.105. The smallest absolute Gasteiger partial charge is 0.162 e. The van der Waals surface area contributed by atoms with Crippen molar-refractivity contribution in [3.05, 3.63) is 30.1 Å². The van der Waals surface area contributed by atoms with Gasteiger partial charge in [0.2, 0.25) is 0 Å². The second-order valence-corrected chi connectivity index (χ2v) is 13.2. The molecule has 2 saturated carbocycles. The molecular formula is C30H42N8O3. The van der Waals surface area contributed by atoms with E-state index in [-0.39, 0.29) is 6.04 Å². The fourth-order valence-corrected chi connectivity index (χ4v) is 7.00. The van der Waals surface area contributed by atoms with Crippen molar-refractivity contribution in [2.45, 2.75) is 102 Å². The van der Waals surface area contributed by atoms with E-state index in [1.165, 1.54) is 24.7 Å². The summed E-state index contributed by atoms with van der Waals surface area (Å²) in [6, 6.07) is 0.832. The number of ether oxygens (including phenoxy) is 1. The zero-order valence-corrected chi connectivity index (χ0v) is 24.1. The van der Waals surface area contributed by atoms with E-state index >= 15 is 0 Å². The number of nitrogens with zero attached hydrogens (tertiary/aromatic N) is 6. The van der Waals surface area contributed by atoms with Crippen LogP contribution in [0.15, 0.2) is 40.1 Å². The maximum atomic E-state index is 11.0. The molecule has 220 valence electrons. The topological polar surface area (TPSA) is 145 Å². The van der Waals surface area contributed by atoms with Crippen LogP contribution in [-0.2, 0) is 4.74 Å². The highest BCUT2D eigenvalue weighted by Gasteiger charge is 2.49. The maximum Gasteiger partial charge on any atom is 0.162 e. The van der Waals surface area contributed by atoms with Crippen molar-refractivity contribution < 1.29 is 14.9 Å². The zero-order chi connectivity index (χ0) is 28.5. The molecule has 0 amide bonds. The van der Waals surface area contributed by atoms with Crippen molar-refractivity contribution in [3.8, 4) is 0 Å². The third kappa shape index (κ3) is 4.86. The van der Waals surface area contributed by atoms with Gasteiger partial charge in [-0.05, 0) is 68.9 Å². The number of fused-ring (bicyclic) bond motifs is 2. The number of aromatic nitrogens is 2. The molecule has 3 aliphatic carbocycles. The van der Waals surface area contributed by atoms with E-state index in [4.69, 9.17) is 20.5 Å². The average Bonchev–Trinajstić information content (AvgIpc) is 3.24. The van der Waals surface area contributed by atoms with Crippen molar-refractivity contribution >= 4 is 28.9 Å². The summed E-state index contributed by atoms with van der Waals surface area (Å²) in [5, 5.41) is 25.1. The van der Waals surface area contributed by atoms with Crippen molar-refractivity contribution in [3.63, 3.8) is 0 Å². The van der Waals surface area contributed by atoms with E-state index in [1.54, 1.807) is 0 Å². The van der Waals surface area contributed by atoms with Gasteiger partial charge in [-0.2, -0.15) is 0 Å². The fourth-order valence-electron chi connectivity index (χ4n) is 7.00. The third-order valence-corrected chi connectivity index (χ3v) is 10.0. The molecule has 0 spiro atoms. The van der Waals surface area contributed by atoms with Gasteiger partial charge in [0.25, 0.3) is 0 Å². The van der Waals surface area contributed by atoms with Gasteiger partial charge in [0.1, 0.15) is 42.2 Å². The van der Waals surface area contributed by atoms with E-state index in [0.717, 1.165) is 37.2 Å². The van der Waals surface area contributed by atoms with Gasteiger partial charge in [0.05, 0.1) is 12.4 Å². The Hall–Kier alpha value is -2.86. The largest absolute Gasteiger partial charge is 0.387 e. The minimum Gasteiger partial charge on any atom is -0.387 e. The lowest BCUT2D eigenvalue weighted by atomic mass is 9.76. The second-order valence-electron chi connectivity index (χ2n) is 13.2. The molecule has 11 heteroatoms. The van der Waals surface area contributed by atoms with E-state index in [0.29, 0.717) is 54.0 Å². The van der Waals surface area contributed by atoms with Gasteiger partial charge in [-0.15, -0.1) is 0 Å². The monoisotopic (exact) mass is 562 g/mol. The molecule has 7 rings (SSSR count). The summed E-state index contributed by atoms with van der Waals surface area (Å²) < 4.78 is 6.29. The van der Waals surface area contributed by atoms with Gasteiger partial charge in [-0.25, -0.2) is 15.0 Å². The van der Waals surface area contributed by atoms with Crippen LogP contribution in [0.25, 0.3) is 0 Å². The van der Waals surface area contributed by atoms with Crippen LogP contribution in [0.2, 0.25) is 0 Å². The Morgan fingerprint density at radius 1 is 1.22 bits per heavy atom. The molecule has 1 aromatic rings. The number of aliphatic hydroxyl groups is 2. The predicted molar refractivity (Wildman–Crippen MR) is 159 cm³/mol. The molecule has 3 fully saturated rings. The van der Waals surface area contributed by atoms with Crippen molar-refractivity contribution in [2.24, 2.45) is 21.3 Å². The number of hydrogen-bond acceptors (Lipinski definition) is 11. The number of aliphatic hydroxyl groups excluding tert-OH is 2. The molecule has 3 aliphatic heterocycles. The molecule has 5 N–H and O–H groups in total. The first kappa shape index (κ1) is 27.0. The van der Waals surface area contributed by atoms with Gasteiger partial charge >= 0.3 is 0 Å². The summed E-state index contributed by atoms with van der Waals surface area (Å²) in [6.45, 7) is 7.65. The lowest BCUT2D eigenvalue weighted by Crippen LogP contribution is -2.52. The summed E-state index contributed by atoms with van der Waals surface area (Å²) >= 11 is 0. The molecule has 6 aliphatic rings. The minimum atomic E-state index is -1.06. The third-order valence-electron chi connectivity index (χ3n) is 10.0. The molecule has 0 bridgehead atoms. The summed E-state index contributed by atoms with van der Waals surface area (Å²) in [5.41, 5.74) is 9.49. The number of amidine groups is 1. The van der Waals surface area contributed by atoms with E-state index in [9.17, 15) is 10.2 Å². The van der Waals surface area contributed by atoms with Crippen LogP contribution in [0.1, 0.15) is 59.3 Å². The predicted octanol–water partition coefficient (Wildman–Crippen LogP) is 2.48. The van der Waals surface area contributed by atoms with Crippen LogP contribution in [-0.4, -0.2) is 92.5 Å². The fraction of sp³-hybridized carbons (Fsp3) is 0.667. The number of aliphatic imine (C=N–C) groups is 2. The van der Waals surface area contributed by atoms with Gasteiger partial charge < -0.3 is 30.9 Å². The summed E-state index contributed by atoms with van der Waals surface area (Å²) in [7, 11) is 0. The highest BCUT2D eigenvalue weighted by atomic mass is 16.6. The maximum absolute atomic E-state index is 11.0. The standard InChI is InChI=1S/C30H42N8O3/c1-16(2)37(13-22-25(39)26(40)29(41-22)38-15-34-24-27(31)32-14-33-28(24)38)19-10-17(11-19)4-7-23-35-20-6-5-18(12-21(20)36-23)30(3)8-9-30/h5-6,12,14,16-17,19-20,22,25-26,29,34,39-40H,4,7-11,13,15H2,1-3H3,(H2,31,32,33)/t17?,19?,20?,22-,25-,26-,29-/m1/s1. The first-order chi connectivity index (χ1) is 19.7. The lowest BCUT2D eigenvalue weighted by molar-refractivity contribution is -0.0427. The molecule has 5 atom stereocenters. The molecule has 1 aromatic heterocycles. The van der Waals surface area contributed by atoms with Gasteiger partial charge in [0, 0.05) is 25.0 Å². The van der Waals surface area contributed by atoms with Crippen LogP contribution < -0.4 is 16.0 Å². The number of nitrogen functional groups attached to an aromatic ring is 1. The number of nitrogens with one attached hydrogen (secondary N) is 1. The average molecular weight is 563 g/mol. The first-order valence-electron chi connectivity index (χ1n) is 15.1. The van der Waals surface area contributed by atoms with Gasteiger partial charge in [-0.3, -0.25) is 9.89 Å². The number of nitrogens with two attached hydrogens (primary N) is 1. The zero-order valence-electron chi connectivity index (χ0n) is 24.1. The Kier molecular flexibility index (Phi) is 6.68. The lowest BCUT2D eigenvalue weighted by Gasteiger charge is -2.46. The van der Waals surface area contributed by atoms with Crippen LogP contribution in [0.3, 0.4) is 0 Å². The molecular weight excluding hydrogens is 520 g/mol. The summed E-state index contributed by atoms with van der Waals surface area (Å²) in [4.78, 5) is 22.4. The van der Waals surface area contributed by atoms with Crippen molar-refractivity contribution in [2.75, 3.05) is 29.2 Å². The second kappa shape index (κ2) is 10.1. The van der Waals surface area contributed by atoms with Crippen LogP contribution in [0.4, 0.5) is 17.3 Å². The highest BCUT2D eigenvalue weighted by Crippen LogP contribution is 2.52. The summed E-state index contributed by atoms with van der Waals surface area (Å²) in [5.74, 6) is 2.57. The van der Waals surface area contributed by atoms with E-state index < -0.39 is 24.5 Å². The Morgan fingerprint density at radius 3 is 2.78 bits per heavy atom. The quantitative estimate of drug-likeness (QED) is 0.357. The Labute approximate surface area is 241 Å².